The van der Waals surface area contributed by atoms with Gasteiger partial charge in [0.1, 0.15) is 0 Å². The summed E-state index contributed by atoms with van der Waals surface area (Å²) in [4.78, 5) is 0. The second-order valence-electron chi connectivity index (χ2n) is 8.15. The zero-order chi connectivity index (χ0) is 17.2. The molecule has 1 heterocycles. The van der Waals surface area contributed by atoms with E-state index >= 15 is 0 Å². The molecule has 1 aromatic rings. The Balaban J connectivity index is 1.48. The number of hydrogen-bond acceptors (Lipinski definition) is 3. The van der Waals surface area contributed by atoms with Gasteiger partial charge in [0.2, 0.25) is 0 Å². The van der Waals surface area contributed by atoms with Gasteiger partial charge in [0.15, 0.2) is 0 Å². The second-order valence-corrected chi connectivity index (χ2v) is 8.15. The van der Waals surface area contributed by atoms with E-state index in [1.165, 1.54) is 11.1 Å². The van der Waals surface area contributed by atoms with Crippen molar-refractivity contribution in [2.75, 3.05) is 6.61 Å². The number of hydrogen-bond donors (Lipinski definition) is 0. The normalized spacial score (nSPS) is 25.8. The molecule has 1 aliphatic carbocycles. The highest BCUT2D eigenvalue weighted by molar-refractivity contribution is 6.51. The summed E-state index contributed by atoms with van der Waals surface area (Å²) in [5.41, 5.74) is 2.53. The Morgan fingerprint density at radius 1 is 1.17 bits per heavy atom. The SMILES string of the molecule is CC1(C)CCOB(C=C2CC(OCc3ccccc3)C2)OC1(C)C. The van der Waals surface area contributed by atoms with Crippen LogP contribution in [0.2, 0.25) is 0 Å². The number of ether oxygens (including phenoxy) is 1. The number of rotatable bonds is 4. The zero-order valence-electron chi connectivity index (χ0n) is 15.4. The van der Waals surface area contributed by atoms with Crippen LogP contribution in [0.25, 0.3) is 0 Å². The molecule has 0 bridgehead atoms. The Morgan fingerprint density at radius 3 is 2.58 bits per heavy atom. The molecule has 4 heteroatoms. The average Bonchev–Trinajstić information content (AvgIpc) is 2.58. The highest BCUT2D eigenvalue weighted by atomic mass is 16.6. The van der Waals surface area contributed by atoms with Crippen LogP contribution in [0.3, 0.4) is 0 Å². The first kappa shape index (κ1) is 17.7. The molecule has 3 rings (SSSR count). The summed E-state index contributed by atoms with van der Waals surface area (Å²) in [6.07, 6.45) is 3.31. The van der Waals surface area contributed by atoms with Crippen LogP contribution in [-0.4, -0.2) is 25.4 Å². The maximum atomic E-state index is 6.25. The summed E-state index contributed by atoms with van der Waals surface area (Å²) in [5.74, 6) is 2.16. The van der Waals surface area contributed by atoms with E-state index in [1.807, 2.05) is 6.07 Å². The van der Waals surface area contributed by atoms with Crippen molar-refractivity contribution in [2.24, 2.45) is 5.41 Å². The van der Waals surface area contributed by atoms with Crippen LogP contribution in [0.5, 0.6) is 0 Å². The van der Waals surface area contributed by atoms with E-state index in [0.717, 1.165) is 25.9 Å². The van der Waals surface area contributed by atoms with Gasteiger partial charge in [-0.3, -0.25) is 0 Å². The molecule has 3 nitrogen and oxygen atoms in total. The molecule has 0 spiro atoms. The molecule has 0 unspecified atom stereocenters. The van der Waals surface area contributed by atoms with E-state index in [1.54, 1.807) is 0 Å². The summed E-state index contributed by atoms with van der Waals surface area (Å²) in [6, 6.07) is 10.3. The molecule has 1 saturated heterocycles. The molecule has 0 atom stereocenters. The molecular weight excluding hydrogens is 299 g/mol. The summed E-state index contributed by atoms with van der Waals surface area (Å²) in [5, 5.41) is 0. The van der Waals surface area contributed by atoms with Crippen LogP contribution in [0.4, 0.5) is 0 Å². The van der Waals surface area contributed by atoms with Crippen LogP contribution < -0.4 is 0 Å². The summed E-state index contributed by atoms with van der Waals surface area (Å²) >= 11 is 0. The van der Waals surface area contributed by atoms with E-state index in [9.17, 15) is 0 Å². The fourth-order valence-electron chi connectivity index (χ4n) is 3.06. The van der Waals surface area contributed by atoms with Gasteiger partial charge in [-0.15, -0.1) is 0 Å². The minimum Gasteiger partial charge on any atom is -0.408 e. The molecule has 24 heavy (non-hydrogen) atoms. The van der Waals surface area contributed by atoms with Crippen LogP contribution in [0.1, 0.15) is 52.5 Å². The van der Waals surface area contributed by atoms with Crippen molar-refractivity contribution in [3.63, 3.8) is 0 Å². The van der Waals surface area contributed by atoms with Gasteiger partial charge < -0.3 is 14.0 Å². The van der Waals surface area contributed by atoms with Crippen LogP contribution in [0.15, 0.2) is 41.9 Å². The van der Waals surface area contributed by atoms with E-state index in [-0.39, 0.29) is 18.1 Å². The van der Waals surface area contributed by atoms with Gasteiger partial charge in [0.05, 0.1) is 18.3 Å². The quantitative estimate of drug-likeness (QED) is 0.758. The lowest BCUT2D eigenvalue weighted by atomic mass is 9.73. The Bertz CT molecular complexity index is 572. The molecule has 0 N–H and O–H groups in total. The van der Waals surface area contributed by atoms with Gasteiger partial charge in [0.25, 0.3) is 0 Å². The smallest absolute Gasteiger partial charge is 0.408 e. The fraction of sp³-hybridized carbons (Fsp3) is 0.600. The lowest BCUT2D eigenvalue weighted by molar-refractivity contribution is -0.0105. The molecular formula is C20H29BO3. The predicted molar refractivity (Wildman–Crippen MR) is 97.6 cm³/mol. The van der Waals surface area contributed by atoms with Crippen molar-refractivity contribution >= 4 is 7.12 Å². The molecule has 0 amide bonds. The van der Waals surface area contributed by atoms with Crippen LogP contribution >= 0.6 is 0 Å². The minimum atomic E-state index is -0.230. The van der Waals surface area contributed by atoms with Gasteiger partial charge in [-0.1, -0.05) is 55.7 Å². The fourth-order valence-corrected chi connectivity index (χ4v) is 3.06. The van der Waals surface area contributed by atoms with Gasteiger partial charge in [-0.25, -0.2) is 0 Å². The maximum Gasteiger partial charge on any atom is 0.486 e. The molecule has 1 saturated carbocycles. The monoisotopic (exact) mass is 328 g/mol. The Morgan fingerprint density at radius 2 is 1.88 bits per heavy atom. The van der Waals surface area contributed by atoms with Crippen molar-refractivity contribution in [2.45, 2.75) is 65.3 Å². The van der Waals surface area contributed by atoms with Gasteiger partial charge >= 0.3 is 7.12 Å². The first-order chi connectivity index (χ1) is 11.4. The highest BCUT2D eigenvalue weighted by Gasteiger charge is 2.43. The summed E-state index contributed by atoms with van der Waals surface area (Å²) in [7, 11) is -0.230. The van der Waals surface area contributed by atoms with E-state index in [2.05, 4.69) is 57.9 Å². The third-order valence-electron chi connectivity index (χ3n) is 5.73. The second kappa shape index (κ2) is 7.03. The molecule has 2 fully saturated rings. The third kappa shape index (κ3) is 4.11. The molecule has 130 valence electrons. The maximum absolute atomic E-state index is 6.25. The average molecular weight is 328 g/mol. The first-order valence-corrected chi connectivity index (χ1v) is 9.00. The third-order valence-corrected chi connectivity index (χ3v) is 5.73. The van der Waals surface area contributed by atoms with E-state index in [4.69, 9.17) is 14.0 Å². The first-order valence-electron chi connectivity index (χ1n) is 9.00. The van der Waals surface area contributed by atoms with Crippen molar-refractivity contribution in [1.29, 1.82) is 0 Å². The molecule has 1 aromatic carbocycles. The standard InChI is InChI=1S/C20H29BO3/c1-19(2)10-11-23-21(24-20(19,3)4)14-17-12-18(13-17)22-15-16-8-6-5-7-9-16/h5-9,14,18H,10-13,15H2,1-4H3. The Labute approximate surface area is 146 Å². The van der Waals surface area contributed by atoms with Gasteiger partial charge in [-0.05, 0) is 44.1 Å². The van der Waals surface area contributed by atoms with Gasteiger partial charge in [-0.2, -0.15) is 0 Å². The Hall–Kier alpha value is -1.10. The lowest BCUT2D eigenvalue weighted by Crippen LogP contribution is -2.43. The van der Waals surface area contributed by atoms with Crippen molar-refractivity contribution in [3.8, 4) is 0 Å². The van der Waals surface area contributed by atoms with E-state index in [0.29, 0.717) is 12.7 Å². The highest BCUT2D eigenvalue weighted by Crippen LogP contribution is 2.40. The van der Waals surface area contributed by atoms with Crippen molar-refractivity contribution in [3.05, 3.63) is 47.4 Å². The molecule has 0 radical (unpaired) electrons. The predicted octanol–water partition coefficient (Wildman–Crippen LogP) is 4.56. The lowest BCUT2D eigenvalue weighted by Gasteiger charge is -2.40. The minimum absolute atomic E-state index is 0.112. The van der Waals surface area contributed by atoms with E-state index < -0.39 is 0 Å². The van der Waals surface area contributed by atoms with Crippen LogP contribution in [-0.2, 0) is 20.7 Å². The Kier molecular flexibility index (Phi) is 5.19. The molecule has 0 aromatic heterocycles. The summed E-state index contributed by atoms with van der Waals surface area (Å²) < 4.78 is 18.1. The number of benzene rings is 1. The summed E-state index contributed by atoms with van der Waals surface area (Å²) in [6.45, 7) is 10.3. The largest absolute Gasteiger partial charge is 0.486 e. The molecule has 1 aliphatic heterocycles. The van der Waals surface area contributed by atoms with Crippen molar-refractivity contribution < 1.29 is 14.0 Å². The van der Waals surface area contributed by atoms with Gasteiger partial charge in [0, 0.05) is 6.61 Å². The topological polar surface area (TPSA) is 27.7 Å². The van der Waals surface area contributed by atoms with Crippen LogP contribution in [0, 0.1) is 5.41 Å². The zero-order valence-corrected chi connectivity index (χ0v) is 15.4. The van der Waals surface area contributed by atoms with Crippen molar-refractivity contribution in [1.82, 2.24) is 0 Å². The molecule has 2 aliphatic rings.